The maximum absolute atomic E-state index is 12.0. The van der Waals surface area contributed by atoms with Crippen molar-refractivity contribution in [2.24, 2.45) is 0 Å². The van der Waals surface area contributed by atoms with E-state index in [2.05, 4.69) is 4.58 Å². The Morgan fingerprint density at radius 2 is 1.49 bits per heavy atom. The van der Waals surface area contributed by atoms with Gasteiger partial charge in [-0.3, -0.25) is 22.4 Å². The topological polar surface area (TPSA) is 216 Å². The SMILES string of the molecule is CCC(C=C/C=C1/N(CCCCS(=O)(=O)O)c2ccc(S(=O)(=O)O)cc2C1(C)C)=CC=CC1=[N+](CCCCOS(=O)O)c2ccc(S(=O)(=O)O)cc2C1(C)C. The van der Waals surface area contributed by atoms with Gasteiger partial charge in [0.05, 0.1) is 27.6 Å². The fourth-order valence-corrected chi connectivity index (χ4v) is 8.83. The van der Waals surface area contributed by atoms with Gasteiger partial charge in [-0.2, -0.15) is 34.0 Å². The minimum Gasteiger partial charge on any atom is -0.344 e. The van der Waals surface area contributed by atoms with Crippen LogP contribution in [0.4, 0.5) is 11.4 Å². The van der Waals surface area contributed by atoms with Gasteiger partial charge in [0, 0.05) is 47.5 Å². The van der Waals surface area contributed by atoms with Crippen LogP contribution in [0, 0.1) is 0 Å². The molecule has 0 aliphatic carbocycles. The number of benzene rings is 2. The van der Waals surface area contributed by atoms with Crippen molar-refractivity contribution in [2.75, 3.05) is 30.3 Å². The molecule has 302 valence electrons. The highest BCUT2D eigenvalue weighted by molar-refractivity contribution is 7.86. The first-order valence-electron chi connectivity index (χ1n) is 17.6. The van der Waals surface area contributed by atoms with Crippen LogP contribution in [0.25, 0.3) is 0 Å². The normalized spacial score (nSPS) is 18.5. The van der Waals surface area contributed by atoms with Crippen LogP contribution < -0.4 is 4.90 Å². The zero-order valence-corrected chi connectivity index (χ0v) is 34.6. The van der Waals surface area contributed by atoms with Crippen molar-refractivity contribution in [1.29, 1.82) is 0 Å². The fraction of sp³-hybridized carbons (Fsp3) is 0.432. The number of allylic oxidation sites excluding steroid dienone is 8. The van der Waals surface area contributed by atoms with Crippen LogP contribution in [0.2, 0.25) is 0 Å². The Morgan fingerprint density at radius 3 is 2.09 bits per heavy atom. The van der Waals surface area contributed by atoms with Crippen molar-refractivity contribution in [2.45, 2.75) is 87.3 Å². The maximum atomic E-state index is 12.0. The first-order chi connectivity index (χ1) is 25.5. The first-order valence-corrected chi connectivity index (χ1v) is 23.1. The highest BCUT2D eigenvalue weighted by atomic mass is 32.2. The lowest BCUT2D eigenvalue weighted by molar-refractivity contribution is -0.438. The van der Waals surface area contributed by atoms with Crippen molar-refractivity contribution in [3.63, 3.8) is 0 Å². The molecule has 4 N–H and O–H groups in total. The summed E-state index contributed by atoms with van der Waals surface area (Å²) in [5.41, 5.74) is 4.19. The van der Waals surface area contributed by atoms with Crippen LogP contribution in [0.1, 0.15) is 77.8 Å². The van der Waals surface area contributed by atoms with Gasteiger partial charge >= 0.3 is 11.4 Å². The van der Waals surface area contributed by atoms with Crippen LogP contribution in [0.3, 0.4) is 0 Å². The summed E-state index contributed by atoms with van der Waals surface area (Å²) in [5, 5.41) is 0. The summed E-state index contributed by atoms with van der Waals surface area (Å²) in [5.74, 6) is -0.384. The summed E-state index contributed by atoms with van der Waals surface area (Å²) in [7, 11) is -13.0. The molecular formula is C37H49N2O12S4+. The molecule has 0 saturated heterocycles. The van der Waals surface area contributed by atoms with Crippen LogP contribution in [0.5, 0.6) is 0 Å². The molecular weight excluding hydrogens is 793 g/mol. The lowest BCUT2D eigenvalue weighted by Gasteiger charge is -2.27. The van der Waals surface area contributed by atoms with Crippen LogP contribution in [-0.4, -0.2) is 83.4 Å². The lowest BCUT2D eigenvalue weighted by Crippen LogP contribution is -2.28. The van der Waals surface area contributed by atoms with Crippen molar-refractivity contribution in [3.8, 4) is 0 Å². The number of nitrogens with zero attached hydrogens (tertiary/aromatic N) is 2. The zero-order chi connectivity index (χ0) is 41.0. The Labute approximate surface area is 326 Å². The van der Waals surface area contributed by atoms with Crippen LogP contribution >= 0.6 is 0 Å². The molecule has 1 atom stereocenters. The minimum atomic E-state index is -4.46. The molecule has 18 heteroatoms. The molecule has 1 unspecified atom stereocenters. The lowest BCUT2D eigenvalue weighted by atomic mass is 9.81. The van der Waals surface area contributed by atoms with Gasteiger partial charge in [-0.05, 0) is 87.1 Å². The number of rotatable bonds is 18. The molecule has 0 aromatic heterocycles. The number of hydrogen-bond donors (Lipinski definition) is 4. The average molecular weight is 842 g/mol. The summed E-state index contributed by atoms with van der Waals surface area (Å²) in [4.78, 5) is 1.54. The molecule has 2 aliphatic heterocycles. The van der Waals surface area contributed by atoms with Crippen molar-refractivity contribution in [3.05, 3.63) is 95.3 Å². The number of hydrogen-bond acceptors (Lipinski definition) is 9. The third-order valence-electron chi connectivity index (χ3n) is 9.85. The van der Waals surface area contributed by atoms with Gasteiger partial charge in [-0.1, -0.05) is 45.1 Å². The number of fused-ring (bicyclic) bond motifs is 2. The second kappa shape index (κ2) is 17.4. The van der Waals surface area contributed by atoms with E-state index in [0.717, 1.165) is 28.4 Å². The van der Waals surface area contributed by atoms with E-state index in [1.807, 2.05) is 76.0 Å². The second-order valence-electron chi connectivity index (χ2n) is 14.4. The van der Waals surface area contributed by atoms with Gasteiger partial charge < -0.3 is 4.90 Å². The van der Waals surface area contributed by atoms with Crippen molar-refractivity contribution in [1.82, 2.24) is 0 Å². The van der Waals surface area contributed by atoms with Crippen LogP contribution in [0.15, 0.2) is 93.9 Å². The standard InChI is InChI=1S/C37H48N2O12S4/c1-6-27(13-11-15-34-36(2,3)30-25-28(54(45,46)47)17-19-32(30)38(34)21-7-9-23-51-52(40)41)14-12-16-35-37(4,5)31-26-29(55(48,49)50)18-20-33(31)39(35)22-8-10-24-53(42,43)44/h11-20,25-26H,6-10,21-24H2,1-5H3,(H3-,40,41,42,43,44,45,46,47,48,49,50)/p+1. The number of anilines is 1. The molecule has 0 spiro atoms. The van der Waals surface area contributed by atoms with Gasteiger partial charge in [0.2, 0.25) is 5.69 Å². The molecule has 2 heterocycles. The first kappa shape index (κ1) is 44.4. The summed E-state index contributed by atoms with van der Waals surface area (Å²) >= 11 is -2.36. The molecule has 2 aromatic rings. The van der Waals surface area contributed by atoms with Crippen LogP contribution in [-0.2, 0) is 56.7 Å². The average Bonchev–Trinajstić information content (AvgIpc) is 3.42. The third-order valence-corrected chi connectivity index (χ3v) is 12.7. The van der Waals surface area contributed by atoms with E-state index in [0.29, 0.717) is 49.9 Å². The molecule has 0 amide bonds. The highest BCUT2D eigenvalue weighted by Gasteiger charge is 2.45. The Bertz CT molecular complexity index is 2310. The van der Waals surface area contributed by atoms with Gasteiger partial charge in [0.25, 0.3) is 30.4 Å². The van der Waals surface area contributed by atoms with E-state index in [9.17, 15) is 43.1 Å². The Morgan fingerprint density at radius 1 is 0.855 bits per heavy atom. The molecule has 4 rings (SSSR count). The van der Waals surface area contributed by atoms with Crippen molar-refractivity contribution < 1.29 is 56.4 Å². The Balaban J connectivity index is 1.66. The summed E-state index contributed by atoms with van der Waals surface area (Å²) < 4.78 is 126. The molecule has 2 aliphatic rings. The van der Waals surface area contributed by atoms with E-state index < -0.39 is 52.5 Å². The monoisotopic (exact) mass is 841 g/mol. The molecule has 55 heavy (non-hydrogen) atoms. The fourth-order valence-electron chi connectivity index (χ4n) is 6.99. The van der Waals surface area contributed by atoms with Gasteiger partial charge in [0.15, 0.2) is 5.71 Å². The molecule has 2 aromatic carbocycles. The maximum Gasteiger partial charge on any atom is 0.301 e. The van der Waals surface area contributed by atoms with Gasteiger partial charge in [0.1, 0.15) is 6.54 Å². The minimum absolute atomic E-state index is 0.0891. The van der Waals surface area contributed by atoms with E-state index in [1.54, 1.807) is 12.1 Å². The molecule has 0 fully saturated rings. The smallest absolute Gasteiger partial charge is 0.301 e. The highest BCUT2D eigenvalue weighted by Crippen LogP contribution is 2.48. The molecule has 0 radical (unpaired) electrons. The largest absolute Gasteiger partial charge is 0.344 e. The molecule has 14 nitrogen and oxygen atoms in total. The number of unbranched alkanes of at least 4 members (excludes halogenated alkanes) is 2. The predicted molar refractivity (Wildman–Crippen MR) is 212 cm³/mol. The van der Waals surface area contributed by atoms with Gasteiger partial charge in [-0.25, -0.2) is 0 Å². The van der Waals surface area contributed by atoms with Crippen molar-refractivity contribution >= 4 is 58.8 Å². The summed E-state index contributed by atoms with van der Waals surface area (Å²) in [6.07, 6.45) is 14.0. The quantitative estimate of drug-likeness (QED) is 0.0428. The van der Waals surface area contributed by atoms with E-state index in [1.165, 1.54) is 24.3 Å². The molecule has 0 bridgehead atoms. The summed E-state index contributed by atoms with van der Waals surface area (Å²) in [6, 6.07) is 8.88. The zero-order valence-electron chi connectivity index (χ0n) is 31.4. The predicted octanol–water partition coefficient (Wildman–Crippen LogP) is 6.29. The van der Waals surface area contributed by atoms with Gasteiger partial charge in [-0.15, -0.1) is 0 Å². The van der Waals surface area contributed by atoms with E-state index >= 15 is 0 Å². The summed E-state index contributed by atoms with van der Waals surface area (Å²) in [6.45, 7) is 10.8. The second-order valence-corrected chi connectivity index (χ2v) is 19.4. The Kier molecular flexibility index (Phi) is 14.1. The van der Waals surface area contributed by atoms with E-state index in [4.69, 9.17) is 8.74 Å². The van der Waals surface area contributed by atoms with E-state index in [-0.39, 0.29) is 28.6 Å². The molecule has 0 saturated carbocycles. The third kappa shape index (κ3) is 11.0. The Hall–Kier alpha value is -3.33.